The monoisotopic (exact) mass is 394 g/mol. The molecular formula is C15H21BrClFN2O2. The Morgan fingerprint density at radius 1 is 1.55 bits per heavy atom. The molecular weight excluding hydrogens is 375 g/mol. The Labute approximate surface area is 144 Å². The van der Waals surface area contributed by atoms with Crippen LogP contribution in [0.1, 0.15) is 20.3 Å². The van der Waals surface area contributed by atoms with Crippen molar-refractivity contribution in [2.45, 2.75) is 32.4 Å². The summed E-state index contributed by atoms with van der Waals surface area (Å²) >= 11 is 3.23. The summed E-state index contributed by atoms with van der Waals surface area (Å²) in [5, 5.41) is 6.32. The molecule has 22 heavy (non-hydrogen) atoms. The van der Waals surface area contributed by atoms with Gasteiger partial charge in [0.15, 0.2) is 6.10 Å². The van der Waals surface area contributed by atoms with Gasteiger partial charge in [0.2, 0.25) is 0 Å². The van der Waals surface area contributed by atoms with Crippen LogP contribution in [0.5, 0.6) is 5.75 Å². The molecule has 3 atom stereocenters. The molecule has 1 aromatic rings. The summed E-state index contributed by atoms with van der Waals surface area (Å²) in [6.07, 6.45) is 0.286. The second-order valence-corrected chi connectivity index (χ2v) is 6.27. The number of hydrogen-bond acceptors (Lipinski definition) is 3. The lowest BCUT2D eigenvalue weighted by atomic mass is 9.95. The van der Waals surface area contributed by atoms with Crippen molar-refractivity contribution in [3.05, 3.63) is 28.5 Å². The van der Waals surface area contributed by atoms with Crippen LogP contribution >= 0.6 is 28.3 Å². The van der Waals surface area contributed by atoms with Gasteiger partial charge in [-0.15, -0.1) is 12.4 Å². The number of benzene rings is 1. The lowest BCUT2D eigenvalue weighted by molar-refractivity contribution is -0.128. The highest BCUT2D eigenvalue weighted by molar-refractivity contribution is 9.10. The molecule has 2 rings (SSSR count). The van der Waals surface area contributed by atoms with Crippen LogP contribution in [0.2, 0.25) is 0 Å². The summed E-state index contributed by atoms with van der Waals surface area (Å²) in [4.78, 5) is 12.2. The van der Waals surface area contributed by atoms with Gasteiger partial charge in [0.1, 0.15) is 11.6 Å². The SMILES string of the molecule is CC(Oc1ccc(F)cc1Br)C(=O)NC1CCNCC1C.Cl. The lowest BCUT2D eigenvalue weighted by Gasteiger charge is -2.31. The number of rotatable bonds is 4. The van der Waals surface area contributed by atoms with Gasteiger partial charge in [0, 0.05) is 6.04 Å². The van der Waals surface area contributed by atoms with E-state index in [0.717, 1.165) is 19.5 Å². The number of halogens is 3. The van der Waals surface area contributed by atoms with Crippen molar-refractivity contribution in [1.82, 2.24) is 10.6 Å². The van der Waals surface area contributed by atoms with Crippen molar-refractivity contribution >= 4 is 34.2 Å². The van der Waals surface area contributed by atoms with E-state index in [-0.39, 0.29) is 30.2 Å². The van der Waals surface area contributed by atoms with E-state index in [2.05, 4.69) is 33.5 Å². The van der Waals surface area contributed by atoms with Crippen LogP contribution in [0.3, 0.4) is 0 Å². The van der Waals surface area contributed by atoms with Crippen LogP contribution < -0.4 is 15.4 Å². The molecule has 0 bridgehead atoms. The van der Waals surface area contributed by atoms with E-state index in [1.54, 1.807) is 6.92 Å². The predicted molar refractivity (Wildman–Crippen MR) is 90.0 cm³/mol. The molecule has 1 saturated heterocycles. The number of ether oxygens (including phenoxy) is 1. The zero-order valence-corrected chi connectivity index (χ0v) is 15.0. The summed E-state index contributed by atoms with van der Waals surface area (Å²) in [7, 11) is 0. The Morgan fingerprint density at radius 2 is 2.27 bits per heavy atom. The van der Waals surface area contributed by atoms with Crippen molar-refractivity contribution in [3.8, 4) is 5.75 Å². The third kappa shape index (κ3) is 5.11. The molecule has 0 aliphatic carbocycles. The molecule has 0 saturated carbocycles. The zero-order valence-electron chi connectivity index (χ0n) is 12.6. The van der Waals surface area contributed by atoms with E-state index in [0.29, 0.717) is 16.1 Å². The zero-order chi connectivity index (χ0) is 15.4. The Bertz CT molecular complexity index is 518. The number of hydrogen-bond donors (Lipinski definition) is 2. The van der Waals surface area contributed by atoms with Crippen molar-refractivity contribution in [3.63, 3.8) is 0 Å². The quantitative estimate of drug-likeness (QED) is 0.824. The largest absolute Gasteiger partial charge is 0.480 e. The Kier molecular flexibility index (Phi) is 7.59. The van der Waals surface area contributed by atoms with Gasteiger partial charge in [0.25, 0.3) is 5.91 Å². The van der Waals surface area contributed by atoms with Gasteiger partial charge in [-0.2, -0.15) is 0 Å². The average Bonchev–Trinajstić information content (AvgIpc) is 2.44. The normalized spacial score (nSPS) is 22.4. The summed E-state index contributed by atoms with van der Waals surface area (Å²) in [6, 6.07) is 4.30. The standard InChI is InChI=1S/C15H20BrFN2O2.ClH/c1-9-8-18-6-5-13(9)19-15(20)10(2)21-14-4-3-11(17)7-12(14)16;/h3-4,7,9-10,13,18H,5-6,8H2,1-2H3,(H,19,20);1H. The number of carbonyl (C=O) groups excluding carboxylic acids is 1. The molecule has 1 heterocycles. The smallest absolute Gasteiger partial charge is 0.261 e. The highest BCUT2D eigenvalue weighted by Gasteiger charge is 2.25. The molecule has 1 aliphatic heterocycles. The van der Waals surface area contributed by atoms with E-state index in [1.807, 2.05) is 0 Å². The van der Waals surface area contributed by atoms with Crippen LogP contribution in [0.4, 0.5) is 4.39 Å². The molecule has 1 fully saturated rings. The van der Waals surface area contributed by atoms with Crippen LogP contribution in [-0.4, -0.2) is 31.1 Å². The lowest BCUT2D eigenvalue weighted by Crippen LogP contribution is -2.51. The fraction of sp³-hybridized carbons (Fsp3) is 0.533. The maximum absolute atomic E-state index is 13.0. The van der Waals surface area contributed by atoms with Gasteiger partial charge < -0.3 is 15.4 Å². The third-order valence-electron chi connectivity index (χ3n) is 3.68. The van der Waals surface area contributed by atoms with Crippen LogP contribution in [0.15, 0.2) is 22.7 Å². The molecule has 7 heteroatoms. The minimum absolute atomic E-state index is 0. The molecule has 3 unspecified atom stereocenters. The van der Waals surface area contributed by atoms with Gasteiger partial charge in [-0.25, -0.2) is 4.39 Å². The average molecular weight is 396 g/mol. The second kappa shape index (κ2) is 8.70. The maximum Gasteiger partial charge on any atom is 0.261 e. The minimum Gasteiger partial charge on any atom is -0.480 e. The molecule has 124 valence electrons. The van der Waals surface area contributed by atoms with Gasteiger partial charge in [-0.3, -0.25) is 4.79 Å². The Balaban J connectivity index is 0.00000242. The fourth-order valence-corrected chi connectivity index (χ4v) is 2.79. The number of carbonyl (C=O) groups is 1. The van der Waals surface area contributed by atoms with Gasteiger partial charge in [0.05, 0.1) is 4.47 Å². The fourth-order valence-electron chi connectivity index (χ4n) is 2.34. The van der Waals surface area contributed by atoms with Crippen molar-refractivity contribution < 1.29 is 13.9 Å². The topological polar surface area (TPSA) is 50.4 Å². The highest BCUT2D eigenvalue weighted by atomic mass is 79.9. The molecule has 4 nitrogen and oxygen atoms in total. The predicted octanol–water partition coefficient (Wildman–Crippen LogP) is 2.89. The van der Waals surface area contributed by atoms with E-state index in [1.165, 1.54) is 18.2 Å². The van der Waals surface area contributed by atoms with E-state index in [9.17, 15) is 9.18 Å². The van der Waals surface area contributed by atoms with Crippen molar-refractivity contribution in [2.24, 2.45) is 5.92 Å². The van der Waals surface area contributed by atoms with Crippen molar-refractivity contribution in [1.29, 1.82) is 0 Å². The Morgan fingerprint density at radius 3 is 2.91 bits per heavy atom. The molecule has 2 N–H and O–H groups in total. The van der Waals surface area contributed by atoms with Gasteiger partial charge in [-0.1, -0.05) is 6.92 Å². The molecule has 0 spiro atoms. The molecule has 1 amide bonds. The third-order valence-corrected chi connectivity index (χ3v) is 4.30. The van der Waals surface area contributed by atoms with Crippen LogP contribution in [-0.2, 0) is 4.79 Å². The van der Waals surface area contributed by atoms with E-state index in [4.69, 9.17) is 4.74 Å². The van der Waals surface area contributed by atoms with E-state index >= 15 is 0 Å². The molecule has 1 aromatic carbocycles. The van der Waals surface area contributed by atoms with Crippen LogP contribution in [0, 0.1) is 11.7 Å². The second-order valence-electron chi connectivity index (χ2n) is 5.42. The Hall–Kier alpha value is -0.850. The maximum atomic E-state index is 13.0. The first kappa shape index (κ1) is 19.2. The molecule has 0 aromatic heterocycles. The minimum atomic E-state index is -0.631. The highest BCUT2D eigenvalue weighted by Crippen LogP contribution is 2.26. The molecule has 0 radical (unpaired) electrons. The number of piperidine rings is 1. The first-order chi connectivity index (χ1) is 9.97. The number of nitrogens with one attached hydrogen (secondary N) is 2. The molecule has 1 aliphatic rings. The number of amides is 1. The van der Waals surface area contributed by atoms with E-state index < -0.39 is 6.10 Å². The first-order valence-corrected chi connectivity index (χ1v) is 7.89. The summed E-state index contributed by atoms with van der Waals surface area (Å²) in [5.41, 5.74) is 0. The van der Waals surface area contributed by atoms with Crippen molar-refractivity contribution in [2.75, 3.05) is 13.1 Å². The summed E-state index contributed by atoms with van der Waals surface area (Å²) < 4.78 is 19.1. The van der Waals surface area contributed by atoms with Crippen LogP contribution in [0.25, 0.3) is 0 Å². The summed E-state index contributed by atoms with van der Waals surface area (Å²) in [5.74, 6) is 0.352. The van der Waals surface area contributed by atoms with Gasteiger partial charge in [-0.05, 0) is 66.5 Å². The van der Waals surface area contributed by atoms with Gasteiger partial charge >= 0.3 is 0 Å². The first-order valence-electron chi connectivity index (χ1n) is 7.10. The summed E-state index contributed by atoms with van der Waals surface area (Å²) in [6.45, 7) is 5.62.